The first-order valence-corrected chi connectivity index (χ1v) is 5.12. The van der Waals surface area contributed by atoms with Gasteiger partial charge >= 0.3 is 0 Å². The van der Waals surface area contributed by atoms with Gasteiger partial charge in [0.15, 0.2) is 0 Å². The van der Waals surface area contributed by atoms with Crippen LogP contribution in [0.5, 0.6) is 5.75 Å². The topological polar surface area (TPSA) is 20.2 Å². The molecule has 0 unspecified atom stereocenters. The monoisotopic (exact) mass is 194 g/mol. The largest absolute Gasteiger partial charge is 0.508 e. The van der Waals surface area contributed by atoms with E-state index in [0.717, 1.165) is 31.2 Å². The van der Waals surface area contributed by atoms with Crippen molar-refractivity contribution in [1.82, 2.24) is 0 Å². The number of hydrogen-bond acceptors (Lipinski definition) is 1. The van der Waals surface area contributed by atoms with E-state index in [1.807, 2.05) is 12.1 Å². The van der Waals surface area contributed by atoms with Gasteiger partial charge in [-0.1, -0.05) is 25.0 Å². The first-order valence-electron chi connectivity index (χ1n) is 5.12. The van der Waals surface area contributed by atoms with Crippen LogP contribution in [-0.4, -0.2) is 11.8 Å². The van der Waals surface area contributed by atoms with Crippen LogP contribution in [0, 0.1) is 0 Å². The second-order valence-electron chi connectivity index (χ2n) is 4.17. The number of alkyl halides is 1. The number of hydrogen-bond donors (Lipinski definition) is 1. The second kappa shape index (κ2) is 3.60. The summed E-state index contributed by atoms with van der Waals surface area (Å²) >= 11 is 0. The van der Waals surface area contributed by atoms with Gasteiger partial charge in [-0.2, -0.15) is 0 Å². The third-order valence-corrected chi connectivity index (χ3v) is 3.30. The molecule has 1 fully saturated rings. The summed E-state index contributed by atoms with van der Waals surface area (Å²) in [6.07, 6.45) is 4.11. The summed E-state index contributed by atoms with van der Waals surface area (Å²) < 4.78 is 13.1. The standard InChI is InChI=1S/C12H15FO/c13-9-12(7-1-2-8-12)10-3-5-11(14)6-4-10/h3-6,14H,1-2,7-9H2. The highest BCUT2D eigenvalue weighted by molar-refractivity contribution is 5.32. The third kappa shape index (κ3) is 1.49. The average molecular weight is 194 g/mol. The number of aromatic hydroxyl groups is 1. The van der Waals surface area contributed by atoms with Crippen molar-refractivity contribution in [2.45, 2.75) is 31.1 Å². The lowest BCUT2D eigenvalue weighted by molar-refractivity contribution is 0.309. The van der Waals surface area contributed by atoms with Gasteiger partial charge in [-0.3, -0.25) is 4.39 Å². The first-order chi connectivity index (χ1) is 6.77. The van der Waals surface area contributed by atoms with Crippen molar-refractivity contribution in [3.8, 4) is 5.75 Å². The molecule has 76 valence electrons. The molecule has 2 heteroatoms. The van der Waals surface area contributed by atoms with Crippen molar-refractivity contribution >= 4 is 0 Å². The lowest BCUT2D eigenvalue weighted by Gasteiger charge is -2.25. The molecule has 1 aliphatic rings. The fraction of sp³-hybridized carbons (Fsp3) is 0.500. The molecule has 0 bridgehead atoms. The minimum atomic E-state index is -0.280. The van der Waals surface area contributed by atoms with Crippen LogP contribution in [0.2, 0.25) is 0 Å². The summed E-state index contributed by atoms with van der Waals surface area (Å²) in [7, 11) is 0. The zero-order valence-corrected chi connectivity index (χ0v) is 8.17. The Balaban J connectivity index is 2.31. The van der Waals surface area contributed by atoms with E-state index in [2.05, 4.69) is 0 Å². The second-order valence-corrected chi connectivity index (χ2v) is 4.17. The van der Waals surface area contributed by atoms with Crippen LogP contribution in [-0.2, 0) is 5.41 Å². The molecule has 0 radical (unpaired) electrons. The van der Waals surface area contributed by atoms with Gasteiger partial charge in [0.25, 0.3) is 0 Å². The normalized spacial score (nSPS) is 19.8. The molecule has 1 nitrogen and oxygen atoms in total. The molecule has 2 rings (SSSR count). The third-order valence-electron chi connectivity index (χ3n) is 3.30. The smallest absolute Gasteiger partial charge is 0.115 e. The van der Waals surface area contributed by atoms with Crippen LogP contribution >= 0.6 is 0 Å². The Bertz CT molecular complexity index is 299. The first kappa shape index (κ1) is 9.50. The average Bonchev–Trinajstić information content (AvgIpc) is 2.68. The summed E-state index contributed by atoms with van der Waals surface area (Å²) in [5.74, 6) is 0.251. The highest BCUT2D eigenvalue weighted by Gasteiger charge is 2.35. The SMILES string of the molecule is Oc1ccc(C2(CF)CCCC2)cc1. The van der Waals surface area contributed by atoms with Crippen LogP contribution < -0.4 is 0 Å². The van der Waals surface area contributed by atoms with Crippen molar-refractivity contribution < 1.29 is 9.50 Å². The van der Waals surface area contributed by atoms with Gasteiger partial charge in [0.2, 0.25) is 0 Å². The molecule has 0 saturated heterocycles. The number of phenolic OH excluding ortho intramolecular Hbond substituents is 1. The highest BCUT2D eigenvalue weighted by atomic mass is 19.1. The molecule has 0 spiro atoms. The van der Waals surface area contributed by atoms with Crippen molar-refractivity contribution in [3.63, 3.8) is 0 Å². The van der Waals surface area contributed by atoms with Gasteiger partial charge in [-0.15, -0.1) is 0 Å². The van der Waals surface area contributed by atoms with E-state index >= 15 is 0 Å². The Hall–Kier alpha value is -1.05. The maximum absolute atomic E-state index is 13.1. The van der Waals surface area contributed by atoms with Crippen molar-refractivity contribution in [3.05, 3.63) is 29.8 Å². The van der Waals surface area contributed by atoms with Crippen LogP contribution in [0.1, 0.15) is 31.2 Å². The van der Waals surface area contributed by atoms with Crippen molar-refractivity contribution in [2.24, 2.45) is 0 Å². The lowest BCUT2D eigenvalue weighted by atomic mass is 9.80. The number of rotatable bonds is 2. The molecule has 0 atom stereocenters. The van der Waals surface area contributed by atoms with E-state index in [1.54, 1.807) is 12.1 Å². The summed E-state index contributed by atoms with van der Waals surface area (Å²) in [4.78, 5) is 0. The Morgan fingerprint density at radius 1 is 1.14 bits per heavy atom. The Morgan fingerprint density at radius 2 is 1.71 bits per heavy atom. The van der Waals surface area contributed by atoms with Gasteiger partial charge in [0, 0.05) is 5.41 Å². The van der Waals surface area contributed by atoms with E-state index in [-0.39, 0.29) is 17.8 Å². The summed E-state index contributed by atoms with van der Waals surface area (Å²) in [6, 6.07) is 6.98. The molecule has 1 saturated carbocycles. The van der Waals surface area contributed by atoms with Crippen LogP contribution in [0.3, 0.4) is 0 Å². The predicted molar refractivity (Wildman–Crippen MR) is 54.2 cm³/mol. The quantitative estimate of drug-likeness (QED) is 0.766. The summed E-state index contributed by atoms with van der Waals surface area (Å²) in [5, 5.41) is 9.16. The Kier molecular flexibility index (Phi) is 2.44. The van der Waals surface area contributed by atoms with Gasteiger partial charge in [0.1, 0.15) is 5.75 Å². The molecule has 14 heavy (non-hydrogen) atoms. The van der Waals surface area contributed by atoms with Gasteiger partial charge < -0.3 is 5.11 Å². The molecule has 0 heterocycles. The molecule has 1 aliphatic carbocycles. The van der Waals surface area contributed by atoms with E-state index in [4.69, 9.17) is 5.11 Å². The minimum absolute atomic E-state index is 0.251. The van der Waals surface area contributed by atoms with Gasteiger partial charge in [-0.05, 0) is 30.5 Å². The molecule has 1 N–H and O–H groups in total. The number of phenols is 1. The maximum atomic E-state index is 13.1. The van der Waals surface area contributed by atoms with E-state index < -0.39 is 0 Å². The minimum Gasteiger partial charge on any atom is -0.508 e. The molecule has 0 aromatic heterocycles. The Morgan fingerprint density at radius 3 is 2.21 bits per heavy atom. The predicted octanol–water partition coefficient (Wildman–Crippen LogP) is 3.17. The zero-order valence-electron chi connectivity index (χ0n) is 8.17. The molecule has 1 aromatic carbocycles. The Labute approximate surface area is 83.6 Å². The highest BCUT2D eigenvalue weighted by Crippen LogP contribution is 2.41. The van der Waals surface area contributed by atoms with Crippen molar-refractivity contribution in [2.75, 3.05) is 6.67 Å². The van der Waals surface area contributed by atoms with Crippen LogP contribution in [0.15, 0.2) is 24.3 Å². The van der Waals surface area contributed by atoms with E-state index in [9.17, 15) is 4.39 Å². The fourth-order valence-corrected chi connectivity index (χ4v) is 2.37. The number of benzene rings is 1. The van der Waals surface area contributed by atoms with Crippen LogP contribution in [0.25, 0.3) is 0 Å². The van der Waals surface area contributed by atoms with Gasteiger partial charge in [-0.25, -0.2) is 0 Å². The fourth-order valence-electron chi connectivity index (χ4n) is 2.37. The molecule has 0 amide bonds. The van der Waals surface area contributed by atoms with Crippen molar-refractivity contribution in [1.29, 1.82) is 0 Å². The molecule has 1 aromatic rings. The van der Waals surface area contributed by atoms with E-state index in [0.29, 0.717) is 0 Å². The summed E-state index contributed by atoms with van der Waals surface area (Å²) in [5.41, 5.74) is 0.781. The zero-order chi connectivity index (χ0) is 10.0. The van der Waals surface area contributed by atoms with E-state index in [1.165, 1.54) is 0 Å². The summed E-state index contributed by atoms with van der Waals surface area (Å²) in [6.45, 7) is -0.280. The van der Waals surface area contributed by atoms with Crippen LogP contribution in [0.4, 0.5) is 4.39 Å². The molecular weight excluding hydrogens is 179 g/mol. The maximum Gasteiger partial charge on any atom is 0.115 e. The number of halogens is 1. The molecule has 0 aliphatic heterocycles. The van der Waals surface area contributed by atoms with Gasteiger partial charge in [0.05, 0.1) is 6.67 Å². The lowest BCUT2D eigenvalue weighted by Crippen LogP contribution is -2.24. The molecular formula is C12H15FO.